The maximum atomic E-state index is 12.4. The van der Waals surface area contributed by atoms with Gasteiger partial charge in [0.1, 0.15) is 5.69 Å². The number of carbonyl (C=O) groups excluding carboxylic acids is 1. The molecule has 21 heavy (non-hydrogen) atoms. The second kappa shape index (κ2) is 6.69. The van der Waals surface area contributed by atoms with E-state index in [1.807, 2.05) is 26.0 Å². The van der Waals surface area contributed by atoms with Crippen LogP contribution in [0.3, 0.4) is 0 Å². The minimum atomic E-state index is -0.289. The van der Waals surface area contributed by atoms with Gasteiger partial charge in [-0.15, -0.1) is 0 Å². The number of nitrogens with one attached hydrogen (secondary N) is 1. The predicted molar refractivity (Wildman–Crippen MR) is 82.9 cm³/mol. The SMILES string of the molecule is CCN(C(=O)C(C)NC)c1cn(-c2cccnc2)nc1Cl. The van der Waals surface area contributed by atoms with Crippen molar-refractivity contribution in [2.24, 2.45) is 0 Å². The Morgan fingerprint density at radius 2 is 2.33 bits per heavy atom. The first-order valence-corrected chi connectivity index (χ1v) is 7.10. The van der Waals surface area contributed by atoms with Gasteiger partial charge in [-0.2, -0.15) is 5.10 Å². The van der Waals surface area contributed by atoms with Crippen molar-refractivity contribution in [2.75, 3.05) is 18.5 Å². The summed E-state index contributed by atoms with van der Waals surface area (Å²) in [5.74, 6) is -0.0485. The molecule has 7 heteroatoms. The summed E-state index contributed by atoms with van der Waals surface area (Å²) in [6, 6.07) is 3.40. The number of hydrogen-bond donors (Lipinski definition) is 1. The van der Waals surface area contributed by atoms with E-state index in [0.29, 0.717) is 12.2 Å². The number of anilines is 1. The molecule has 1 atom stereocenters. The first-order chi connectivity index (χ1) is 10.1. The molecule has 0 aliphatic rings. The zero-order valence-corrected chi connectivity index (χ0v) is 13.0. The summed E-state index contributed by atoms with van der Waals surface area (Å²) in [5.41, 5.74) is 1.38. The van der Waals surface area contributed by atoms with E-state index >= 15 is 0 Å². The molecule has 2 heterocycles. The highest BCUT2D eigenvalue weighted by molar-refractivity contribution is 6.32. The fraction of sp³-hybridized carbons (Fsp3) is 0.357. The average molecular weight is 308 g/mol. The van der Waals surface area contributed by atoms with Gasteiger partial charge in [0.2, 0.25) is 5.91 Å². The van der Waals surface area contributed by atoms with Crippen LogP contribution in [0.5, 0.6) is 0 Å². The molecule has 2 rings (SSSR count). The number of pyridine rings is 1. The second-order valence-electron chi connectivity index (χ2n) is 4.55. The molecule has 1 unspecified atom stereocenters. The third-order valence-corrected chi connectivity index (χ3v) is 3.51. The van der Waals surface area contributed by atoms with Crippen molar-refractivity contribution in [1.29, 1.82) is 0 Å². The van der Waals surface area contributed by atoms with Gasteiger partial charge in [-0.3, -0.25) is 9.78 Å². The lowest BCUT2D eigenvalue weighted by atomic mass is 10.2. The highest BCUT2D eigenvalue weighted by atomic mass is 35.5. The summed E-state index contributed by atoms with van der Waals surface area (Å²) >= 11 is 6.19. The fourth-order valence-electron chi connectivity index (χ4n) is 1.95. The van der Waals surface area contributed by atoms with Gasteiger partial charge in [-0.1, -0.05) is 11.6 Å². The van der Waals surface area contributed by atoms with Crippen LogP contribution in [0.1, 0.15) is 13.8 Å². The first-order valence-electron chi connectivity index (χ1n) is 6.72. The molecule has 0 fully saturated rings. The molecule has 0 radical (unpaired) electrons. The molecule has 6 nitrogen and oxygen atoms in total. The summed E-state index contributed by atoms with van der Waals surface area (Å²) < 4.78 is 1.62. The van der Waals surface area contributed by atoms with Gasteiger partial charge in [0, 0.05) is 12.7 Å². The van der Waals surface area contributed by atoms with Crippen molar-refractivity contribution in [3.8, 4) is 5.69 Å². The number of halogens is 1. The molecule has 0 bridgehead atoms. The maximum absolute atomic E-state index is 12.4. The molecule has 1 amide bonds. The topological polar surface area (TPSA) is 63.1 Å². The molecular formula is C14H18ClN5O. The van der Waals surface area contributed by atoms with Gasteiger partial charge in [-0.05, 0) is 33.0 Å². The summed E-state index contributed by atoms with van der Waals surface area (Å²) in [5, 5.41) is 7.47. The van der Waals surface area contributed by atoms with Crippen LogP contribution in [0.2, 0.25) is 5.15 Å². The third-order valence-electron chi connectivity index (χ3n) is 3.24. The second-order valence-corrected chi connectivity index (χ2v) is 4.91. The van der Waals surface area contributed by atoms with Crippen LogP contribution < -0.4 is 10.2 Å². The van der Waals surface area contributed by atoms with E-state index in [4.69, 9.17) is 11.6 Å². The minimum absolute atomic E-state index is 0.0485. The Morgan fingerprint density at radius 3 is 2.90 bits per heavy atom. The molecule has 0 aromatic carbocycles. The molecule has 1 N–H and O–H groups in total. The number of rotatable bonds is 5. The normalized spacial score (nSPS) is 12.2. The van der Waals surface area contributed by atoms with Crippen molar-refractivity contribution in [1.82, 2.24) is 20.1 Å². The summed E-state index contributed by atoms with van der Waals surface area (Å²) in [6.07, 6.45) is 5.11. The van der Waals surface area contributed by atoms with Crippen LogP contribution in [0.15, 0.2) is 30.7 Å². The lowest BCUT2D eigenvalue weighted by molar-refractivity contribution is -0.120. The highest BCUT2D eigenvalue weighted by Gasteiger charge is 2.23. The quantitative estimate of drug-likeness (QED) is 0.916. The Balaban J connectivity index is 2.35. The Bertz CT molecular complexity index is 613. The zero-order chi connectivity index (χ0) is 15.4. The molecule has 0 saturated carbocycles. The van der Waals surface area contributed by atoms with Gasteiger partial charge in [-0.25, -0.2) is 4.68 Å². The summed E-state index contributed by atoms with van der Waals surface area (Å²) in [4.78, 5) is 18.0. The van der Waals surface area contributed by atoms with Gasteiger partial charge in [0.05, 0.1) is 24.1 Å². The van der Waals surface area contributed by atoms with Crippen LogP contribution in [0.25, 0.3) is 5.69 Å². The van der Waals surface area contributed by atoms with Crippen LogP contribution in [-0.2, 0) is 4.79 Å². The molecule has 0 spiro atoms. The molecular weight excluding hydrogens is 290 g/mol. The molecule has 0 saturated heterocycles. The monoisotopic (exact) mass is 307 g/mol. The first kappa shape index (κ1) is 15.5. The fourth-order valence-corrected chi connectivity index (χ4v) is 2.18. The Hall–Kier alpha value is -1.92. The van der Waals surface area contributed by atoms with Crippen molar-refractivity contribution < 1.29 is 4.79 Å². The Labute approximate surface area is 128 Å². The van der Waals surface area contributed by atoms with Gasteiger partial charge in [0.25, 0.3) is 0 Å². The van der Waals surface area contributed by atoms with Gasteiger partial charge >= 0.3 is 0 Å². The predicted octanol–water partition coefficient (Wildman–Crippen LogP) is 1.88. The van der Waals surface area contributed by atoms with Crippen molar-refractivity contribution in [3.05, 3.63) is 35.9 Å². The summed E-state index contributed by atoms with van der Waals surface area (Å²) in [7, 11) is 1.75. The molecule has 112 valence electrons. The number of aromatic nitrogens is 3. The van der Waals surface area contributed by atoms with Gasteiger partial charge in [0.15, 0.2) is 5.15 Å². The van der Waals surface area contributed by atoms with Crippen LogP contribution >= 0.6 is 11.6 Å². The summed E-state index contributed by atoms with van der Waals surface area (Å²) in [6.45, 7) is 4.23. The average Bonchev–Trinajstić information content (AvgIpc) is 2.90. The Kier molecular flexibility index (Phi) is 4.93. The Morgan fingerprint density at radius 1 is 1.57 bits per heavy atom. The number of nitrogens with zero attached hydrogens (tertiary/aromatic N) is 4. The van der Waals surface area contributed by atoms with Crippen molar-refractivity contribution >= 4 is 23.2 Å². The zero-order valence-electron chi connectivity index (χ0n) is 12.2. The molecule has 0 aliphatic carbocycles. The number of carbonyl (C=O) groups is 1. The lowest BCUT2D eigenvalue weighted by Gasteiger charge is -2.23. The van der Waals surface area contributed by atoms with E-state index in [0.717, 1.165) is 5.69 Å². The maximum Gasteiger partial charge on any atom is 0.243 e. The van der Waals surface area contributed by atoms with Gasteiger partial charge < -0.3 is 10.2 Å². The molecule has 0 aliphatic heterocycles. The van der Waals surface area contributed by atoms with E-state index in [9.17, 15) is 4.79 Å². The van der Waals surface area contributed by atoms with Crippen LogP contribution in [0.4, 0.5) is 5.69 Å². The molecule has 2 aromatic rings. The number of amides is 1. The minimum Gasteiger partial charge on any atom is -0.309 e. The van der Waals surface area contributed by atoms with E-state index < -0.39 is 0 Å². The highest BCUT2D eigenvalue weighted by Crippen LogP contribution is 2.26. The van der Waals surface area contributed by atoms with Crippen LogP contribution in [0, 0.1) is 0 Å². The third kappa shape index (κ3) is 3.22. The van der Waals surface area contributed by atoms with Crippen molar-refractivity contribution in [3.63, 3.8) is 0 Å². The van der Waals surface area contributed by atoms with Crippen LogP contribution in [-0.4, -0.2) is 40.3 Å². The van der Waals surface area contributed by atoms with E-state index in [2.05, 4.69) is 15.4 Å². The standard InChI is InChI=1S/C14H18ClN5O/c1-4-19(14(21)10(2)16-3)12-9-20(18-13(12)15)11-6-5-7-17-8-11/h5-10,16H,4H2,1-3H3. The van der Waals surface area contributed by atoms with E-state index in [1.165, 1.54) is 0 Å². The number of hydrogen-bond acceptors (Lipinski definition) is 4. The van der Waals surface area contributed by atoms with E-state index in [-0.39, 0.29) is 17.1 Å². The smallest absolute Gasteiger partial charge is 0.243 e. The largest absolute Gasteiger partial charge is 0.309 e. The van der Waals surface area contributed by atoms with Crippen molar-refractivity contribution in [2.45, 2.75) is 19.9 Å². The lowest BCUT2D eigenvalue weighted by Crippen LogP contribution is -2.43. The van der Waals surface area contributed by atoms with E-state index in [1.54, 1.807) is 35.2 Å². The molecule has 2 aromatic heterocycles. The number of likely N-dealkylation sites (N-methyl/N-ethyl adjacent to an activating group) is 2.